The Kier molecular flexibility index (Phi) is 4.72. The van der Waals surface area contributed by atoms with Gasteiger partial charge in [0.2, 0.25) is 0 Å². The first-order chi connectivity index (χ1) is 7.71. The summed E-state index contributed by atoms with van der Waals surface area (Å²) in [6.45, 7) is 9.51. The highest BCUT2D eigenvalue weighted by atomic mass is 32.2. The Hall–Kier alpha value is 0.00494. The Morgan fingerprint density at radius 2 is 1.65 bits per heavy atom. The van der Waals surface area contributed by atoms with Gasteiger partial charge in [-0.25, -0.2) is 4.39 Å². The van der Waals surface area contributed by atoms with E-state index in [4.69, 9.17) is 9.31 Å². The second-order valence-corrected chi connectivity index (χ2v) is 6.44. The zero-order valence-electron chi connectivity index (χ0n) is 11.6. The monoisotopic (exact) mass is 260 g/mol. The van der Waals surface area contributed by atoms with Crippen LogP contribution in [0.25, 0.3) is 0 Å². The normalized spacial score (nSPS) is 23.8. The van der Waals surface area contributed by atoms with Gasteiger partial charge in [0.25, 0.3) is 0 Å². The van der Waals surface area contributed by atoms with E-state index in [9.17, 15) is 4.39 Å². The summed E-state index contributed by atoms with van der Waals surface area (Å²) in [4.78, 5) is 0. The summed E-state index contributed by atoms with van der Waals surface area (Å²) >= 11 is 1.71. The molecule has 0 unspecified atom stereocenters. The molecule has 0 aromatic rings. The van der Waals surface area contributed by atoms with E-state index in [0.717, 1.165) is 17.7 Å². The fourth-order valence-corrected chi connectivity index (χ4v) is 2.03. The van der Waals surface area contributed by atoms with E-state index in [1.54, 1.807) is 18.7 Å². The molecule has 0 radical (unpaired) electrons. The molecule has 1 fully saturated rings. The van der Waals surface area contributed by atoms with Crippen molar-refractivity contribution < 1.29 is 13.7 Å². The van der Waals surface area contributed by atoms with Crippen LogP contribution in [-0.2, 0) is 9.31 Å². The fourth-order valence-electron chi connectivity index (χ4n) is 1.52. The summed E-state index contributed by atoms with van der Waals surface area (Å²) in [5, 5.41) is 0. The minimum absolute atomic E-state index is 0.266. The molecule has 0 saturated carbocycles. The van der Waals surface area contributed by atoms with Crippen LogP contribution in [0.2, 0.25) is 0 Å². The van der Waals surface area contributed by atoms with Gasteiger partial charge in [-0.05, 0) is 58.6 Å². The zero-order valence-corrected chi connectivity index (χ0v) is 12.4. The highest BCUT2D eigenvalue weighted by Gasteiger charge is 2.53. The maximum Gasteiger partial charge on any atom is 0.525 e. The summed E-state index contributed by atoms with van der Waals surface area (Å²) < 4.78 is 25.5. The minimum atomic E-state index is -0.846. The van der Waals surface area contributed by atoms with Gasteiger partial charge in [-0.3, -0.25) is 0 Å². The van der Waals surface area contributed by atoms with Crippen molar-refractivity contribution in [1.29, 1.82) is 0 Å². The number of rotatable bonds is 4. The van der Waals surface area contributed by atoms with Gasteiger partial charge in [0, 0.05) is 0 Å². The van der Waals surface area contributed by atoms with Crippen LogP contribution in [0.5, 0.6) is 0 Å². The van der Waals surface area contributed by atoms with E-state index < -0.39 is 18.3 Å². The lowest BCUT2D eigenvalue weighted by molar-refractivity contribution is 0.00578. The third kappa shape index (κ3) is 3.27. The molecule has 17 heavy (non-hydrogen) atoms. The lowest BCUT2D eigenvalue weighted by atomic mass is 9.84. The van der Waals surface area contributed by atoms with Gasteiger partial charge in [0.1, 0.15) is 5.73 Å². The summed E-state index contributed by atoms with van der Waals surface area (Å²) in [6, 6.07) is 0. The second kappa shape index (κ2) is 5.33. The van der Waals surface area contributed by atoms with Crippen LogP contribution < -0.4 is 0 Å². The largest absolute Gasteiger partial charge is 0.525 e. The zero-order chi connectivity index (χ0) is 13.3. The first-order valence-corrected chi connectivity index (χ1v) is 7.30. The molecule has 0 bridgehead atoms. The maximum absolute atomic E-state index is 14.1. The first-order valence-electron chi connectivity index (χ1n) is 5.91. The third-order valence-electron chi connectivity index (χ3n) is 3.55. The van der Waals surface area contributed by atoms with Crippen molar-refractivity contribution >= 4 is 18.9 Å². The highest BCUT2D eigenvalue weighted by molar-refractivity contribution is 7.98. The molecule has 0 atom stereocenters. The molecule has 0 aromatic heterocycles. The average Bonchev–Trinajstić information content (AvgIpc) is 2.43. The molecule has 1 heterocycles. The molecule has 1 rings (SSSR count). The molecule has 1 aliphatic rings. The molecule has 0 N–H and O–H groups in total. The van der Waals surface area contributed by atoms with Crippen molar-refractivity contribution in [2.75, 3.05) is 12.0 Å². The van der Waals surface area contributed by atoms with Crippen molar-refractivity contribution in [2.24, 2.45) is 0 Å². The van der Waals surface area contributed by atoms with Crippen LogP contribution >= 0.6 is 11.8 Å². The maximum atomic E-state index is 14.1. The Labute approximate surface area is 108 Å². The highest BCUT2D eigenvalue weighted by Crippen LogP contribution is 2.39. The lowest BCUT2D eigenvalue weighted by Crippen LogP contribution is -2.41. The summed E-state index contributed by atoms with van der Waals surface area (Å²) in [5.74, 6) is 0.915. The number of thioether (sulfide) groups is 1. The van der Waals surface area contributed by atoms with Crippen LogP contribution in [0, 0.1) is 0 Å². The molecule has 0 aromatic carbocycles. The smallest absolute Gasteiger partial charge is 0.398 e. The molecule has 1 aliphatic heterocycles. The number of allylic oxidation sites excluding steroid dienone is 1. The molecule has 0 aliphatic carbocycles. The Morgan fingerprint density at radius 3 is 2.06 bits per heavy atom. The van der Waals surface area contributed by atoms with Crippen LogP contribution in [0.15, 0.2) is 11.3 Å². The summed E-state index contributed by atoms with van der Waals surface area (Å²) in [6.07, 6.45) is 2.75. The van der Waals surface area contributed by atoms with Gasteiger partial charge in [0.15, 0.2) is 0 Å². The van der Waals surface area contributed by atoms with Gasteiger partial charge in [-0.15, -0.1) is 0 Å². The average molecular weight is 260 g/mol. The van der Waals surface area contributed by atoms with Crippen LogP contribution in [0.1, 0.15) is 41.0 Å². The van der Waals surface area contributed by atoms with Gasteiger partial charge in [-0.1, -0.05) is 0 Å². The fraction of sp³-hybridized carbons (Fsp3) is 0.833. The molecule has 2 nitrogen and oxygen atoms in total. The quantitative estimate of drug-likeness (QED) is 0.719. The summed E-state index contributed by atoms with van der Waals surface area (Å²) in [5.41, 5.74) is -0.501. The van der Waals surface area contributed by atoms with E-state index in [2.05, 4.69) is 0 Å². The Morgan fingerprint density at radius 1 is 1.18 bits per heavy atom. The van der Waals surface area contributed by atoms with Crippen molar-refractivity contribution in [3.8, 4) is 0 Å². The van der Waals surface area contributed by atoms with E-state index in [-0.39, 0.29) is 5.73 Å². The lowest BCUT2D eigenvalue weighted by Gasteiger charge is -2.32. The predicted molar refractivity (Wildman–Crippen MR) is 72.9 cm³/mol. The van der Waals surface area contributed by atoms with Gasteiger partial charge >= 0.3 is 7.12 Å². The van der Waals surface area contributed by atoms with E-state index in [1.165, 1.54) is 0 Å². The van der Waals surface area contributed by atoms with E-state index in [1.807, 2.05) is 34.0 Å². The molecule has 1 saturated heterocycles. The number of hydrogen-bond donors (Lipinski definition) is 0. The van der Waals surface area contributed by atoms with E-state index in [0.29, 0.717) is 0 Å². The molecular weight excluding hydrogens is 238 g/mol. The van der Waals surface area contributed by atoms with Crippen molar-refractivity contribution in [3.05, 3.63) is 11.3 Å². The van der Waals surface area contributed by atoms with Gasteiger partial charge < -0.3 is 9.31 Å². The van der Waals surface area contributed by atoms with E-state index >= 15 is 0 Å². The molecule has 0 amide bonds. The molecule has 5 heteroatoms. The van der Waals surface area contributed by atoms with Crippen LogP contribution in [0.3, 0.4) is 0 Å². The minimum Gasteiger partial charge on any atom is -0.398 e. The Balaban J connectivity index is 2.77. The van der Waals surface area contributed by atoms with Crippen LogP contribution in [-0.4, -0.2) is 30.3 Å². The van der Waals surface area contributed by atoms with Gasteiger partial charge in [-0.2, -0.15) is 11.8 Å². The molecular formula is C12H22BFO2S. The predicted octanol–water partition coefficient (Wildman–Crippen LogP) is 3.61. The third-order valence-corrected chi connectivity index (χ3v) is 4.16. The first kappa shape index (κ1) is 15.1. The SMILES string of the molecule is CSCCC(C)=C(F)B1OC(C)(C)C(C)(C)O1. The van der Waals surface area contributed by atoms with Crippen molar-refractivity contribution in [3.63, 3.8) is 0 Å². The molecule has 98 valence electrons. The summed E-state index contributed by atoms with van der Waals surface area (Å²) in [7, 11) is -0.846. The second-order valence-electron chi connectivity index (χ2n) is 5.46. The Bertz CT molecular complexity index is 300. The van der Waals surface area contributed by atoms with Crippen molar-refractivity contribution in [1.82, 2.24) is 0 Å². The topological polar surface area (TPSA) is 18.5 Å². The number of hydrogen-bond acceptors (Lipinski definition) is 3. The number of halogens is 1. The van der Waals surface area contributed by atoms with Crippen LogP contribution in [0.4, 0.5) is 4.39 Å². The van der Waals surface area contributed by atoms with Gasteiger partial charge in [0.05, 0.1) is 11.2 Å². The standard InChI is InChI=1S/C12H22BFO2S/c1-9(7-8-17-6)10(14)13-15-11(2,3)12(4,5)16-13/h7-8H2,1-6H3. The van der Waals surface area contributed by atoms with Crippen molar-refractivity contribution in [2.45, 2.75) is 52.2 Å². The molecule has 0 spiro atoms.